The zero-order valence-electron chi connectivity index (χ0n) is 12.7. The Kier molecular flexibility index (Phi) is 4.25. The summed E-state index contributed by atoms with van der Waals surface area (Å²) in [6, 6.07) is 14.9. The Bertz CT molecular complexity index is 857. The highest BCUT2D eigenvalue weighted by atomic mass is 79.9. The highest BCUT2D eigenvalue weighted by molar-refractivity contribution is 9.10. The van der Waals surface area contributed by atoms with Crippen molar-refractivity contribution in [2.75, 3.05) is 0 Å². The van der Waals surface area contributed by atoms with E-state index in [1.807, 2.05) is 49.4 Å². The van der Waals surface area contributed by atoms with Crippen molar-refractivity contribution in [2.24, 2.45) is 0 Å². The molecule has 0 saturated carbocycles. The van der Waals surface area contributed by atoms with Gasteiger partial charge in [-0.2, -0.15) is 0 Å². The molecule has 0 radical (unpaired) electrons. The molecule has 0 amide bonds. The van der Waals surface area contributed by atoms with E-state index in [1.165, 1.54) is 0 Å². The molecule has 0 bridgehead atoms. The predicted molar refractivity (Wildman–Crippen MR) is 89.9 cm³/mol. The lowest BCUT2D eigenvalue weighted by Gasteiger charge is -2.06. The number of carbonyl (C=O) groups is 1. The van der Waals surface area contributed by atoms with Crippen LogP contribution in [-0.4, -0.2) is 21.0 Å². The van der Waals surface area contributed by atoms with E-state index in [0.717, 1.165) is 15.7 Å². The number of carbonyl (C=O) groups excluding carboxylic acids is 1. The molecule has 0 aliphatic carbocycles. The lowest BCUT2D eigenvalue weighted by molar-refractivity contribution is 0.0726. The van der Waals surface area contributed by atoms with Gasteiger partial charge in [-0.3, -0.25) is 0 Å². The van der Waals surface area contributed by atoms with Crippen LogP contribution in [0, 0.1) is 13.8 Å². The van der Waals surface area contributed by atoms with Crippen molar-refractivity contribution < 1.29 is 9.53 Å². The fourth-order valence-electron chi connectivity index (χ4n) is 2.16. The summed E-state index contributed by atoms with van der Waals surface area (Å²) in [6.07, 6.45) is 0. The Morgan fingerprint density at radius 3 is 2.48 bits per heavy atom. The maximum Gasteiger partial charge on any atom is 0.366 e. The van der Waals surface area contributed by atoms with E-state index in [9.17, 15) is 4.79 Å². The first-order valence-electron chi connectivity index (χ1n) is 7.02. The largest absolute Gasteiger partial charge is 0.421 e. The summed E-state index contributed by atoms with van der Waals surface area (Å²) in [5, 5.41) is 8.02. The van der Waals surface area contributed by atoms with E-state index < -0.39 is 5.97 Å². The number of aromatic nitrogens is 3. The fraction of sp³-hybridized carbons (Fsp3) is 0.118. The van der Waals surface area contributed by atoms with Crippen LogP contribution in [0.4, 0.5) is 0 Å². The van der Waals surface area contributed by atoms with Gasteiger partial charge in [-0.15, -0.1) is 5.10 Å². The van der Waals surface area contributed by atoms with Crippen molar-refractivity contribution in [2.45, 2.75) is 13.8 Å². The zero-order valence-corrected chi connectivity index (χ0v) is 14.2. The number of hydrogen-bond donors (Lipinski definition) is 0. The highest BCUT2D eigenvalue weighted by Gasteiger charge is 2.20. The van der Waals surface area contributed by atoms with Gasteiger partial charge < -0.3 is 4.74 Å². The molecule has 0 fully saturated rings. The van der Waals surface area contributed by atoms with Crippen LogP contribution in [0.15, 0.2) is 53.0 Å². The molecule has 23 heavy (non-hydrogen) atoms. The monoisotopic (exact) mass is 371 g/mol. The minimum Gasteiger partial charge on any atom is -0.421 e. The Balaban J connectivity index is 1.88. The Labute approximate surface area is 142 Å². The maximum atomic E-state index is 12.3. The predicted octanol–water partition coefficient (Wildman–Crippen LogP) is 3.87. The molecule has 0 saturated heterocycles. The Hall–Kier alpha value is -2.47. The number of hydrogen-bond acceptors (Lipinski definition) is 4. The van der Waals surface area contributed by atoms with Gasteiger partial charge in [-0.05, 0) is 49.7 Å². The van der Waals surface area contributed by atoms with Crippen molar-refractivity contribution in [3.8, 4) is 11.4 Å². The second-order valence-electron chi connectivity index (χ2n) is 5.07. The van der Waals surface area contributed by atoms with E-state index in [1.54, 1.807) is 17.7 Å². The van der Waals surface area contributed by atoms with Gasteiger partial charge in [0.15, 0.2) is 5.69 Å². The highest BCUT2D eigenvalue weighted by Crippen LogP contribution is 2.20. The van der Waals surface area contributed by atoms with E-state index in [0.29, 0.717) is 11.4 Å². The molecule has 0 atom stereocenters. The summed E-state index contributed by atoms with van der Waals surface area (Å²) < 4.78 is 8.00. The van der Waals surface area contributed by atoms with Crippen LogP contribution < -0.4 is 4.74 Å². The van der Waals surface area contributed by atoms with E-state index in [2.05, 4.69) is 26.2 Å². The van der Waals surface area contributed by atoms with Gasteiger partial charge in [0, 0.05) is 4.47 Å². The normalized spacial score (nSPS) is 10.6. The number of halogens is 1. The lowest BCUT2D eigenvalue weighted by atomic mass is 10.2. The first-order valence-corrected chi connectivity index (χ1v) is 7.81. The molecule has 0 spiro atoms. The number of esters is 1. The van der Waals surface area contributed by atoms with Gasteiger partial charge in [-0.25, -0.2) is 9.48 Å². The topological polar surface area (TPSA) is 57.0 Å². The number of aryl methyl sites for hydroxylation is 1. The third-order valence-electron chi connectivity index (χ3n) is 3.46. The maximum absolute atomic E-state index is 12.3. The molecule has 1 aromatic heterocycles. The average molecular weight is 372 g/mol. The molecule has 0 aliphatic heterocycles. The SMILES string of the molecule is Cc1ccccc1OC(=O)c1nnn(-c2ccc(Br)cc2)c1C. The minimum absolute atomic E-state index is 0.205. The van der Waals surface area contributed by atoms with Gasteiger partial charge in [0.2, 0.25) is 0 Å². The molecule has 2 aromatic carbocycles. The van der Waals surface area contributed by atoms with Gasteiger partial charge >= 0.3 is 5.97 Å². The quantitative estimate of drug-likeness (QED) is 0.518. The van der Waals surface area contributed by atoms with Gasteiger partial charge in [0.25, 0.3) is 0 Å². The second-order valence-corrected chi connectivity index (χ2v) is 5.98. The van der Waals surface area contributed by atoms with Gasteiger partial charge in [0.1, 0.15) is 5.75 Å². The van der Waals surface area contributed by atoms with Crippen molar-refractivity contribution in [1.82, 2.24) is 15.0 Å². The number of rotatable bonds is 3. The van der Waals surface area contributed by atoms with Crippen LogP contribution in [0.3, 0.4) is 0 Å². The summed E-state index contributed by atoms with van der Waals surface area (Å²) in [5.41, 5.74) is 2.55. The lowest BCUT2D eigenvalue weighted by Crippen LogP contribution is -2.12. The zero-order chi connectivity index (χ0) is 16.4. The van der Waals surface area contributed by atoms with E-state index >= 15 is 0 Å². The van der Waals surface area contributed by atoms with Crippen LogP contribution in [0.2, 0.25) is 0 Å². The number of benzene rings is 2. The molecular weight excluding hydrogens is 358 g/mol. The van der Waals surface area contributed by atoms with Crippen LogP contribution >= 0.6 is 15.9 Å². The second kappa shape index (κ2) is 6.34. The third kappa shape index (κ3) is 3.17. The summed E-state index contributed by atoms with van der Waals surface area (Å²) in [4.78, 5) is 12.3. The van der Waals surface area contributed by atoms with Crippen molar-refractivity contribution in [3.63, 3.8) is 0 Å². The number of ether oxygens (including phenoxy) is 1. The van der Waals surface area contributed by atoms with Crippen molar-refractivity contribution in [3.05, 3.63) is 70.0 Å². The summed E-state index contributed by atoms with van der Waals surface area (Å²) in [6.45, 7) is 3.67. The van der Waals surface area contributed by atoms with Crippen molar-refractivity contribution in [1.29, 1.82) is 0 Å². The molecule has 0 aliphatic rings. The first-order chi connectivity index (χ1) is 11.1. The third-order valence-corrected chi connectivity index (χ3v) is 3.98. The fourth-order valence-corrected chi connectivity index (χ4v) is 2.43. The molecule has 6 heteroatoms. The molecule has 3 aromatic rings. The number of nitrogens with zero attached hydrogens (tertiary/aromatic N) is 3. The Morgan fingerprint density at radius 2 is 1.78 bits per heavy atom. The molecule has 116 valence electrons. The molecule has 0 N–H and O–H groups in total. The van der Waals surface area contributed by atoms with Crippen LogP contribution in [0.1, 0.15) is 21.7 Å². The molecule has 1 heterocycles. The molecule has 5 nitrogen and oxygen atoms in total. The van der Waals surface area contributed by atoms with E-state index in [4.69, 9.17) is 4.74 Å². The standard InChI is InChI=1S/C17H14BrN3O2/c1-11-5-3-4-6-15(11)23-17(22)16-12(2)21(20-19-16)14-9-7-13(18)8-10-14/h3-10H,1-2H3. The Morgan fingerprint density at radius 1 is 1.09 bits per heavy atom. The number of para-hydroxylation sites is 1. The smallest absolute Gasteiger partial charge is 0.366 e. The van der Waals surface area contributed by atoms with Crippen molar-refractivity contribution >= 4 is 21.9 Å². The molecular formula is C17H14BrN3O2. The van der Waals surface area contributed by atoms with Crippen LogP contribution in [0.5, 0.6) is 5.75 Å². The van der Waals surface area contributed by atoms with Gasteiger partial charge in [0.05, 0.1) is 11.4 Å². The summed E-state index contributed by atoms with van der Waals surface area (Å²) >= 11 is 3.39. The van der Waals surface area contributed by atoms with Gasteiger partial charge in [-0.1, -0.05) is 39.3 Å². The molecule has 0 unspecified atom stereocenters. The van der Waals surface area contributed by atoms with Crippen LogP contribution in [0.25, 0.3) is 5.69 Å². The summed E-state index contributed by atoms with van der Waals surface area (Å²) in [5.74, 6) is 0.00949. The minimum atomic E-state index is -0.514. The summed E-state index contributed by atoms with van der Waals surface area (Å²) in [7, 11) is 0. The van der Waals surface area contributed by atoms with Crippen LogP contribution in [-0.2, 0) is 0 Å². The molecule has 3 rings (SSSR count). The van der Waals surface area contributed by atoms with E-state index in [-0.39, 0.29) is 5.69 Å². The first kappa shape index (κ1) is 15.4. The average Bonchev–Trinajstić information content (AvgIpc) is 2.92.